The lowest BCUT2D eigenvalue weighted by Crippen LogP contribution is -2.20. The van der Waals surface area contributed by atoms with Gasteiger partial charge in [0.25, 0.3) is 0 Å². The van der Waals surface area contributed by atoms with Crippen molar-refractivity contribution >= 4 is 0 Å². The summed E-state index contributed by atoms with van der Waals surface area (Å²) < 4.78 is 38.5. The Kier molecular flexibility index (Phi) is 4.32. The molecule has 21 heavy (non-hydrogen) atoms. The van der Waals surface area contributed by atoms with Crippen LogP contribution >= 0.6 is 0 Å². The molecule has 2 rings (SSSR count). The molecule has 0 saturated carbocycles. The number of alkyl halides is 3. The van der Waals surface area contributed by atoms with E-state index in [9.17, 15) is 13.2 Å². The number of nitrogens with one attached hydrogen (secondary N) is 1. The minimum Gasteiger partial charge on any atom is -0.309 e. The van der Waals surface area contributed by atoms with E-state index in [4.69, 9.17) is 0 Å². The molecule has 0 bridgehead atoms. The van der Waals surface area contributed by atoms with Gasteiger partial charge in [0.15, 0.2) is 0 Å². The second-order valence-corrected chi connectivity index (χ2v) is 4.97. The first-order valence-corrected chi connectivity index (χ1v) is 6.61. The molecule has 1 N–H and O–H groups in total. The van der Waals surface area contributed by atoms with E-state index in [2.05, 4.69) is 10.3 Å². The van der Waals surface area contributed by atoms with Crippen molar-refractivity contribution in [3.63, 3.8) is 0 Å². The molecule has 0 radical (unpaired) electrons. The summed E-state index contributed by atoms with van der Waals surface area (Å²) in [6.45, 7) is 3.75. The lowest BCUT2D eigenvalue weighted by Gasteiger charge is -2.20. The average molecular weight is 294 g/mol. The Hall–Kier alpha value is -1.88. The van der Waals surface area contributed by atoms with Crippen LogP contribution in [0.3, 0.4) is 0 Å². The third kappa shape index (κ3) is 3.42. The highest BCUT2D eigenvalue weighted by Gasteiger charge is 2.31. The molecule has 0 amide bonds. The summed E-state index contributed by atoms with van der Waals surface area (Å²) in [7, 11) is 1.73. The van der Waals surface area contributed by atoms with Crippen LogP contribution < -0.4 is 5.32 Å². The molecule has 1 unspecified atom stereocenters. The monoisotopic (exact) mass is 294 g/mol. The first kappa shape index (κ1) is 15.5. The summed E-state index contributed by atoms with van der Waals surface area (Å²) in [6.07, 6.45) is -4.34. The summed E-state index contributed by atoms with van der Waals surface area (Å²) in [5.74, 6) is 0. The van der Waals surface area contributed by atoms with Gasteiger partial charge < -0.3 is 5.32 Å². The number of benzene rings is 1. The van der Waals surface area contributed by atoms with Crippen LogP contribution in [0.2, 0.25) is 0 Å². The molecule has 1 aromatic carbocycles. The Morgan fingerprint density at radius 3 is 2.38 bits per heavy atom. The standard InChI is InChI=1S/C16H17F3N2/c1-10-7-8-14(11(2)21-10)15(20-3)12-5-4-6-13(9-12)16(17,18)19/h4-9,15,20H,1-3H3. The molecular formula is C16H17F3N2. The van der Waals surface area contributed by atoms with E-state index < -0.39 is 11.7 Å². The van der Waals surface area contributed by atoms with Gasteiger partial charge in [0.2, 0.25) is 0 Å². The van der Waals surface area contributed by atoms with Crippen LogP contribution in [-0.2, 0) is 6.18 Å². The average Bonchev–Trinajstić information content (AvgIpc) is 2.41. The highest BCUT2D eigenvalue weighted by atomic mass is 19.4. The number of rotatable bonds is 3. The quantitative estimate of drug-likeness (QED) is 0.924. The fourth-order valence-electron chi connectivity index (χ4n) is 2.40. The van der Waals surface area contributed by atoms with Crippen LogP contribution in [0.4, 0.5) is 13.2 Å². The van der Waals surface area contributed by atoms with Gasteiger partial charge in [-0.3, -0.25) is 4.98 Å². The summed E-state index contributed by atoms with van der Waals surface area (Å²) in [4.78, 5) is 4.38. The summed E-state index contributed by atoms with van der Waals surface area (Å²) in [6, 6.07) is 8.83. The molecular weight excluding hydrogens is 277 g/mol. The molecule has 0 aliphatic rings. The normalized spacial score (nSPS) is 13.2. The Bertz CT molecular complexity index is 636. The predicted octanol–water partition coefficient (Wildman–Crippen LogP) is 4.03. The second kappa shape index (κ2) is 5.85. The van der Waals surface area contributed by atoms with Crippen molar-refractivity contribution in [3.05, 3.63) is 64.5 Å². The maximum Gasteiger partial charge on any atom is 0.416 e. The molecule has 0 spiro atoms. The van der Waals surface area contributed by atoms with Crippen molar-refractivity contribution in [1.29, 1.82) is 0 Å². The van der Waals surface area contributed by atoms with Gasteiger partial charge in [-0.1, -0.05) is 18.2 Å². The Morgan fingerprint density at radius 2 is 1.81 bits per heavy atom. The van der Waals surface area contributed by atoms with Crippen LogP contribution in [0.15, 0.2) is 36.4 Å². The molecule has 112 valence electrons. The molecule has 1 heterocycles. The van der Waals surface area contributed by atoms with E-state index in [1.54, 1.807) is 13.1 Å². The number of hydrogen-bond donors (Lipinski definition) is 1. The van der Waals surface area contributed by atoms with E-state index in [0.29, 0.717) is 5.56 Å². The SMILES string of the molecule is CNC(c1cccc(C(F)(F)F)c1)c1ccc(C)nc1C. The molecule has 2 aromatic rings. The molecule has 5 heteroatoms. The minimum absolute atomic E-state index is 0.319. The van der Waals surface area contributed by atoms with Crippen molar-refractivity contribution in [3.8, 4) is 0 Å². The number of halogens is 3. The third-order valence-corrected chi connectivity index (χ3v) is 3.41. The van der Waals surface area contributed by atoms with E-state index in [1.807, 2.05) is 26.0 Å². The predicted molar refractivity (Wildman–Crippen MR) is 76.1 cm³/mol. The van der Waals surface area contributed by atoms with Gasteiger partial charge in [-0.05, 0) is 50.2 Å². The van der Waals surface area contributed by atoms with Gasteiger partial charge in [-0.2, -0.15) is 13.2 Å². The molecule has 0 fully saturated rings. The zero-order chi connectivity index (χ0) is 15.6. The smallest absolute Gasteiger partial charge is 0.309 e. The molecule has 1 aromatic heterocycles. The summed E-state index contributed by atoms with van der Waals surface area (Å²) in [5, 5.41) is 3.07. The van der Waals surface area contributed by atoms with Crippen LogP contribution in [-0.4, -0.2) is 12.0 Å². The Balaban J connectivity index is 2.47. The van der Waals surface area contributed by atoms with Crippen LogP contribution in [0, 0.1) is 13.8 Å². The summed E-state index contributed by atoms with van der Waals surface area (Å²) >= 11 is 0. The van der Waals surface area contributed by atoms with E-state index in [-0.39, 0.29) is 6.04 Å². The minimum atomic E-state index is -4.34. The second-order valence-electron chi connectivity index (χ2n) is 4.97. The number of nitrogens with zero attached hydrogens (tertiary/aromatic N) is 1. The number of hydrogen-bond acceptors (Lipinski definition) is 2. The number of aromatic nitrogens is 1. The third-order valence-electron chi connectivity index (χ3n) is 3.41. The van der Waals surface area contributed by atoms with Crippen molar-refractivity contribution < 1.29 is 13.2 Å². The molecule has 0 aliphatic heterocycles. The van der Waals surface area contributed by atoms with Gasteiger partial charge in [0.1, 0.15) is 0 Å². The van der Waals surface area contributed by atoms with Crippen molar-refractivity contribution in [2.45, 2.75) is 26.1 Å². The first-order valence-electron chi connectivity index (χ1n) is 6.61. The highest BCUT2D eigenvalue weighted by Crippen LogP contribution is 2.32. The van der Waals surface area contributed by atoms with Gasteiger partial charge in [0, 0.05) is 11.4 Å². The van der Waals surface area contributed by atoms with Gasteiger partial charge in [-0.15, -0.1) is 0 Å². The van der Waals surface area contributed by atoms with Gasteiger partial charge in [0.05, 0.1) is 11.6 Å². The van der Waals surface area contributed by atoms with Crippen molar-refractivity contribution in [2.24, 2.45) is 0 Å². The molecule has 0 saturated heterocycles. The first-order chi connectivity index (χ1) is 9.82. The van der Waals surface area contributed by atoms with Crippen LogP contribution in [0.1, 0.15) is 34.1 Å². The fourth-order valence-corrected chi connectivity index (χ4v) is 2.40. The molecule has 2 nitrogen and oxygen atoms in total. The number of aryl methyl sites for hydroxylation is 2. The maximum atomic E-state index is 12.8. The van der Waals surface area contributed by atoms with Gasteiger partial charge >= 0.3 is 6.18 Å². The van der Waals surface area contributed by atoms with E-state index in [0.717, 1.165) is 23.0 Å². The van der Waals surface area contributed by atoms with Crippen molar-refractivity contribution in [1.82, 2.24) is 10.3 Å². The van der Waals surface area contributed by atoms with E-state index >= 15 is 0 Å². The summed E-state index contributed by atoms with van der Waals surface area (Å²) in [5.41, 5.74) is 2.50. The molecule has 0 aliphatic carbocycles. The maximum absolute atomic E-state index is 12.8. The fraction of sp³-hybridized carbons (Fsp3) is 0.312. The topological polar surface area (TPSA) is 24.9 Å². The largest absolute Gasteiger partial charge is 0.416 e. The zero-order valence-electron chi connectivity index (χ0n) is 12.1. The Labute approximate surface area is 122 Å². The zero-order valence-corrected chi connectivity index (χ0v) is 12.1. The highest BCUT2D eigenvalue weighted by molar-refractivity contribution is 5.37. The molecule has 1 atom stereocenters. The Morgan fingerprint density at radius 1 is 1.10 bits per heavy atom. The van der Waals surface area contributed by atoms with E-state index in [1.165, 1.54) is 12.1 Å². The number of pyridine rings is 1. The lowest BCUT2D eigenvalue weighted by molar-refractivity contribution is -0.137. The van der Waals surface area contributed by atoms with Crippen molar-refractivity contribution in [2.75, 3.05) is 7.05 Å². The van der Waals surface area contributed by atoms with Crippen LogP contribution in [0.25, 0.3) is 0 Å². The van der Waals surface area contributed by atoms with Crippen LogP contribution in [0.5, 0.6) is 0 Å². The van der Waals surface area contributed by atoms with Gasteiger partial charge in [-0.25, -0.2) is 0 Å². The lowest BCUT2D eigenvalue weighted by atomic mass is 9.96.